The molecule has 1 aliphatic heterocycles. The average Bonchev–Trinajstić information content (AvgIpc) is 3.53. The van der Waals surface area contributed by atoms with E-state index in [0.29, 0.717) is 11.4 Å². The summed E-state index contributed by atoms with van der Waals surface area (Å²) in [6.07, 6.45) is 1.94. The van der Waals surface area contributed by atoms with Gasteiger partial charge in [0.15, 0.2) is 5.76 Å². The molecule has 2 amide bonds. The maximum Gasteiger partial charge on any atom is 0.290 e. The number of hydrazone groups is 1. The number of methoxy groups -OCH3 is 1. The highest BCUT2D eigenvalue weighted by atomic mass is 35.5. The minimum absolute atomic E-state index is 0.162. The maximum absolute atomic E-state index is 13.5. The van der Waals surface area contributed by atoms with Gasteiger partial charge in [0.05, 0.1) is 24.6 Å². The van der Waals surface area contributed by atoms with E-state index in [9.17, 15) is 9.59 Å². The van der Waals surface area contributed by atoms with Crippen molar-refractivity contribution in [2.75, 3.05) is 26.8 Å². The number of carbonyl (C=O) groups is 2. The van der Waals surface area contributed by atoms with Crippen molar-refractivity contribution in [3.05, 3.63) is 94.4 Å². The molecule has 0 radical (unpaired) electrons. The van der Waals surface area contributed by atoms with E-state index in [2.05, 4.69) is 5.10 Å². The first-order chi connectivity index (χ1) is 16.5. The number of nitrogens with zero attached hydrogens (tertiary/aromatic N) is 3. The molecule has 0 saturated carbocycles. The summed E-state index contributed by atoms with van der Waals surface area (Å²) < 4.78 is 10.4. The van der Waals surface area contributed by atoms with E-state index in [1.165, 1.54) is 16.2 Å². The molecule has 7 nitrogen and oxygen atoms in total. The lowest BCUT2D eigenvalue weighted by Gasteiger charge is -2.26. The Balaban J connectivity index is 1.63. The fraction of sp³-hybridized carbons (Fsp3) is 0.269. The normalized spacial score (nSPS) is 15.3. The largest absolute Gasteiger partial charge is 0.459 e. The van der Waals surface area contributed by atoms with Gasteiger partial charge in [-0.3, -0.25) is 9.59 Å². The highest BCUT2D eigenvalue weighted by Crippen LogP contribution is 2.34. The van der Waals surface area contributed by atoms with Crippen molar-refractivity contribution in [2.45, 2.75) is 19.4 Å². The molecule has 2 aromatic carbocycles. The molecular weight excluding hydrogens is 454 g/mol. The molecule has 176 valence electrons. The zero-order valence-electron chi connectivity index (χ0n) is 19.1. The van der Waals surface area contributed by atoms with Gasteiger partial charge in [-0.15, -0.1) is 0 Å². The highest BCUT2D eigenvalue weighted by molar-refractivity contribution is 6.34. The minimum atomic E-state index is -0.378. The Bertz CT molecular complexity index is 1180. The van der Waals surface area contributed by atoms with Crippen molar-refractivity contribution in [3.63, 3.8) is 0 Å². The standard InChI is InChI=1S/C26H26ClN3O4/c1-18-9-11-19(12-10-18)23-16-22(20-6-3-4-7-21(20)27)28-30(23)25(31)17-29(13-15-33-2)26(32)24-8-5-14-34-24/h3-12,14,23H,13,15-17H2,1-2H3/t23-/m1/s1. The zero-order valence-corrected chi connectivity index (χ0v) is 19.9. The van der Waals surface area contributed by atoms with Crippen LogP contribution in [-0.2, 0) is 9.53 Å². The smallest absolute Gasteiger partial charge is 0.290 e. The second kappa shape index (κ2) is 10.7. The fourth-order valence-corrected chi connectivity index (χ4v) is 4.14. The predicted octanol–water partition coefficient (Wildman–Crippen LogP) is 4.71. The van der Waals surface area contributed by atoms with E-state index < -0.39 is 0 Å². The second-order valence-electron chi connectivity index (χ2n) is 8.09. The lowest BCUT2D eigenvalue weighted by atomic mass is 9.97. The van der Waals surface area contributed by atoms with Crippen molar-refractivity contribution >= 4 is 29.1 Å². The highest BCUT2D eigenvalue weighted by Gasteiger charge is 2.35. The number of amides is 2. The van der Waals surface area contributed by atoms with Crippen LogP contribution in [0.5, 0.6) is 0 Å². The summed E-state index contributed by atoms with van der Waals surface area (Å²) in [5.41, 5.74) is 3.61. The summed E-state index contributed by atoms with van der Waals surface area (Å²) in [7, 11) is 1.55. The zero-order chi connectivity index (χ0) is 24.1. The van der Waals surface area contributed by atoms with E-state index in [1.54, 1.807) is 25.3 Å². The Morgan fingerprint density at radius 3 is 2.59 bits per heavy atom. The lowest BCUT2D eigenvalue weighted by Crippen LogP contribution is -2.42. The van der Waals surface area contributed by atoms with Crippen molar-refractivity contribution in [1.29, 1.82) is 0 Å². The number of furan rings is 1. The minimum Gasteiger partial charge on any atom is -0.459 e. The van der Waals surface area contributed by atoms with Crippen LogP contribution < -0.4 is 0 Å². The molecule has 2 heterocycles. The number of hydrogen-bond donors (Lipinski definition) is 0. The van der Waals surface area contributed by atoms with Crippen molar-refractivity contribution < 1.29 is 18.7 Å². The molecule has 0 unspecified atom stereocenters. The van der Waals surface area contributed by atoms with Crippen molar-refractivity contribution in [2.24, 2.45) is 5.10 Å². The van der Waals surface area contributed by atoms with Gasteiger partial charge in [-0.1, -0.05) is 59.6 Å². The van der Waals surface area contributed by atoms with Crippen LogP contribution in [0, 0.1) is 6.92 Å². The van der Waals surface area contributed by atoms with Gasteiger partial charge in [-0.2, -0.15) is 5.10 Å². The summed E-state index contributed by atoms with van der Waals surface area (Å²) in [6.45, 7) is 2.38. The van der Waals surface area contributed by atoms with Crippen LogP contribution in [0.3, 0.4) is 0 Å². The van der Waals surface area contributed by atoms with E-state index >= 15 is 0 Å². The summed E-state index contributed by atoms with van der Waals surface area (Å²) in [5.74, 6) is -0.513. The Morgan fingerprint density at radius 1 is 1.15 bits per heavy atom. The molecule has 4 rings (SSSR count). The quantitative estimate of drug-likeness (QED) is 0.469. The van der Waals surface area contributed by atoms with E-state index in [0.717, 1.165) is 22.4 Å². The topological polar surface area (TPSA) is 75.3 Å². The van der Waals surface area contributed by atoms with Gasteiger partial charge in [0.2, 0.25) is 0 Å². The number of benzene rings is 2. The molecule has 1 aromatic heterocycles. The monoisotopic (exact) mass is 479 g/mol. The first kappa shape index (κ1) is 23.7. The van der Waals surface area contributed by atoms with E-state index in [1.807, 2.05) is 49.4 Å². The van der Waals surface area contributed by atoms with Gasteiger partial charge >= 0.3 is 0 Å². The third kappa shape index (κ3) is 5.21. The summed E-state index contributed by atoms with van der Waals surface area (Å²) >= 11 is 6.42. The molecule has 0 spiro atoms. The lowest BCUT2D eigenvalue weighted by molar-refractivity contribution is -0.133. The van der Waals surface area contributed by atoms with Gasteiger partial charge in [-0.25, -0.2) is 5.01 Å². The third-order valence-corrected chi connectivity index (χ3v) is 6.05. The molecule has 8 heteroatoms. The van der Waals surface area contributed by atoms with Crippen LogP contribution in [0.4, 0.5) is 0 Å². The Labute approximate surface area is 203 Å². The van der Waals surface area contributed by atoms with Gasteiger partial charge in [0.1, 0.15) is 6.54 Å². The average molecular weight is 480 g/mol. The van der Waals surface area contributed by atoms with Crippen LogP contribution in [0.1, 0.15) is 39.7 Å². The van der Waals surface area contributed by atoms with Crippen LogP contribution in [0.2, 0.25) is 5.02 Å². The SMILES string of the molecule is COCCN(CC(=O)N1N=C(c2ccccc2Cl)C[C@@H]1c1ccc(C)cc1)C(=O)c1ccco1. The Morgan fingerprint density at radius 2 is 1.91 bits per heavy atom. The van der Waals surface area contributed by atoms with Gasteiger partial charge < -0.3 is 14.1 Å². The van der Waals surface area contributed by atoms with Crippen LogP contribution >= 0.6 is 11.6 Å². The van der Waals surface area contributed by atoms with Crippen molar-refractivity contribution in [3.8, 4) is 0 Å². The summed E-state index contributed by atoms with van der Waals surface area (Å²) in [4.78, 5) is 27.9. The van der Waals surface area contributed by atoms with Crippen molar-refractivity contribution in [1.82, 2.24) is 9.91 Å². The number of halogens is 1. The van der Waals surface area contributed by atoms with Crippen LogP contribution in [0.15, 0.2) is 76.4 Å². The molecule has 1 atom stereocenters. The van der Waals surface area contributed by atoms with Gasteiger partial charge in [0.25, 0.3) is 11.8 Å². The molecule has 0 fully saturated rings. The number of rotatable bonds is 8. The Kier molecular flexibility index (Phi) is 7.45. The summed E-state index contributed by atoms with van der Waals surface area (Å²) in [5, 5.41) is 6.73. The number of aryl methyl sites for hydroxylation is 1. The molecular formula is C26H26ClN3O4. The van der Waals surface area contributed by atoms with Gasteiger partial charge in [0, 0.05) is 30.7 Å². The van der Waals surface area contributed by atoms with Crippen LogP contribution in [-0.4, -0.2) is 54.2 Å². The van der Waals surface area contributed by atoms with Crippen LogP contribution in [0.25, 0.3) is 0 Å². The number of carbonyl (C=O) groups excluding carboxylic acids is 2. The number of ether oxygens (including phenoxy) is 1. The maximum atomic E-state index is 13.5. The molecule has 0 saturated heterocycles. The first-order valence-corrected chi connectivity index (χ1v) is 11.4. The third-order valence-electron chi connectivity index (χ3n) is 5.72. The summed E-state index contributed by atoms with van der Waals surface area (Å²) in [6, 6.07) is 18.4. The molecule has 0 N–H and O–H groups in total. The van der Waals surface area contributed by atoms with Gasteiger partial charge in [-0.05, 0) is 30.7 Å². The molecule has 3 aromatic rings. The van der Waals surface area contributed by atoms with E-state index in [4.69, 9.17) is 20.8 Å². The predicted molar refractivity (Wildman–Crippen MR) is 130 cm³/mol. The molecule has 0 aliphatic carbocycles. The van der Waals surface area contributed by atoms with E-state index in [-0.39, 0.29) is 43.3 Å². The second-order valence-corrected chi connectivity index (χ2v) is 8.50. The first-order valence-electron chi connectivity index (χ1n) is 11.0. The molecule has 34 heavy (non-hydrogen) atoms. The molecule has 0 bridgehead atoms. The number of hydrogen-bond acceptors (Lipinski definition) is 5. The molecule has 1 aliphatic rings. The Hall–Kier alpha value is -3.42. The fourth-order valence-electron chi connectivity index (χ4n) is 3.89.